The zero-order valence-electron chi connectivity index (χ0n) is 6.49. The summed E-state index contributed by atoms with van der Waals surface area (Å²) in [6, 6.07) is 0. The van der Waals surface area contributed by atoms with Gasteiger partial charge in [-0.1, -0.05) is 6.92 Å². The van der Waals surface area contributed by atoms with Crippen molar-refractivity contribution in [3.05, 3.63) is 0 Å². The Balaban J connectivity index is 2.62. The zero-order chi connectivity index (χ0) is 8.43. The van der Waals surface area contributed by atoms with Crippen molar-refractivity contribution >= 4 is 23.5 Å². The summed E-state index contributed by atoms with van der Waals surface area (Å²) in [5, 5.41) is -0.560. The van der Waals surface area contributed by atoms with Gasteiger partial charge in [-0.05, 0) is 0 Å². The molecule has 1 saturated heterocycles. The first-order valence-corrected chi connectivity index (χ1v) is 4.45. The number of carbonyl (C=O) groups excluding carboxylic acids is 2. The van der Waals surface area contributed by atoms with Gasteiger partial charge in [0.1, 0.15) is 0 Å². The lowest BCUT2D eigenvalue weighted by Gasteiger charge is -2.03. The second kappa shape index (κ2) is 3.26. The molecule has 0 aliphatic carbocycles. The predicted molar refractivity (Wildman–Crippen MR) is 42.4 cm³/mol. The molecule has 1 heterocycles. The Bertz CT molecular complexity index is 190. The minimum atomic E-state index is -0.560. The van der Waals surface area contributed by atoms with E-state index in [-0.39, 0.29) is 11.7 Å². The monoisotopic (exact) mass is 174 g/mol. The average Bonchev–Trinajstić information content (AvgIpc) is 2.32. The van der Waals surface area contributed by atoms with E-state index in [0.29, 0.717) is 0 Å². The Hall–Kier alpha value is -0.510. The summed E-state index contributed by atoms with van der Waals surface area (Å²) >= 11 is 1.37. The van der Waals surface area contributed by atoms with Gasteiger partial charge < -0.3 is 4.74 Å². The summed E-state index contributed by atoms with van der Waals surface area (Å²) in [5.74, 6) is 0.328. The van der Waals surface area contributed by atoms with Gasteiger partial charge in [-0.3, -0.25) is 9.59 Å². The van der Waals surface area contributed by atoms with E-state index in [1.165, 1.54) is 18.9 Å². The molecule has 0 unspecified atom stereocenters. The number of rotatable bonds is 1. The van der Waals surface area contributed by atoms with Crippen LogP contribution < -0.4 is 0 Å². The van der Waals surface area contributed by atoms with Crippen molar-refractivity contribution in [2.75, 3.05) is 12.9 Å². The topological polar surface area (TPSA) is 43.4 Å². The van der Waals surface area contributed by atoms with E-state index in [2.05, 4.69) is 4.74 Å². The minimum Gasteiger partial charge on any atom is -0.468 e. The molecule has 1 rings (SSSR count). The molecular weight excluding hydrogens is 164 g/mol. The van der Waals surface area contributed by atoms with Gasteiger partial charge in [-0.2, -0.15) is 0 Å². The van der Waals surface area contributed by atoms with Crippen molar-refractivity contribution in [1.82, 2.24) is 0 Å². The molecule has 0 radical (unpaired) electrons. The van der Waals surface area contributed by atoms with Crippen molar-refractivity contribution < 1.29 is 14.3 Å². The highest BCUT2D eigenvalue weighted by molar-refractivity contribution is 8.01. The molecule has 0 saturated carbocycles. The normalized spacial score (nSPS) is 30.5. The molecule has 0 bridgehead atoms. The van der Waals surface area contributed by atoms with Crippen LogP contribution in [0.4, 0.5) is 0 Å². The van der Waals surface area contributed by atoms with Crippen LogP contribution in [0, 0.1) is 5.92 Å². The van der Waals surface area contributed by atoms with Gasteiger partial charge in [0.15, 0.2) is 11.0 Å². The van der Waals surface area contributed by atoms with Crippen LogP contribution in [0.2, 0.25) is 0 Å². The minimum absolute atomic E-state index is 0.00171. The molecule has 62 valence electrons. The Kier molecular flexibility index (Phi) is 2.54. The molecule has 0 spiro atoms. The van der Waals surface area contributed by atoms with Gasteiger partial charge >= 0.3 is 5.97 Å². The van der Waals surface area contributed by atoms with Crippen LogP contribution in [0.3, 0.4) is 0 Å². The standard InChI is InChI=1S/C7H10O3S/c1-4-3-11-6(5(4)8)7(9)10-2/h4,6H,3H2,1-2H3/t4-,6-/m1/s1. The number of thioether (sulfide) groups is 1. The van der Waals surface area contributed by atoms with Crippen LogP contribution in [0.5, 0.6) is 0 Å². The molecule has 0 amide bonds. The molecule has 0 N–H and O–H groups in total. The van der Waals surface area contributed by atoms with Gasteiger partial charge in [-0.25, -0.2) is 0 Å². The van der Waals surface area contributed by atoms with Crippen LogP contribution in [-0.2, 0) is 14.3 Å². The second-order valence-electron chi connectivity index (χ2n) is 2.54. The smallest absolute Gasteiger partial charge is 0.326 e. The maximum Gasteiger partial charge on any atom is 0.326 e. The fourth-order valence-electron chi connectivity index (χ4n) is 0.954. The molecule has 0 aromatic heterocycles. The van der Waals surface area contributed by atoms with E-state index in [4.69, 9.17) is 0 Å². The van der Waals surface area contributed by atoms with E-state index >= 15 is 0 Å². The molecule has 1 fully saturated rings. The second-order valence-corrected chi connectivity index (χ2v) is 3.68. The number of methoxy groups -OCH3 is 1. The first kappa shape index (κ1) is 8.59. The number of ketones is 1. The van der Waals surface area contributed by atoms with Crippen LogP contribution in [0.15, 0.2) is 0 Å². The Morgan fingerprint density at radius 2 is 2.36 bits per heavy atom. The average molecular weight is 174 g/mol. The van der Waals surface area contributed by atoms with Crippen molar-refractivity contribution in [3.63, 3.8) is 0 Å². The van der Waals surface area contributed by atoms with E-state index in [0.717, 1.165) is 5.75 Å². The Morgan fingerprint density at radius 3 is 2.73 bits per heavy atom. The van der Waals surface area contributed by atoms with E-state index in [9.17, 15) is 9.59 Å². The van der Waals surface area contributed by atoms with E-state index in [1.54, 1.807) is 0 Å². The maximum atomic E-state index is 11.2. The Morgan fingerprint density at radius 1 is 1.73 bits per heavy atom. The maximum absolute atomic E-state index is 11.2. The largest absolute Gasteiger partial charge is 0.468 e. The van der Waals surface area contributed by atoms with Gasteiger partial charge in [0, 0.05) is 11.7 Å². The van der Waals surface area contributed by atoms with Crippen molar-refractivity contribution in [1.29, 1.82) is 0 Å². The van der Waals surface area contributed by atoms with E-state index in [1.807, 2.05) is 6.92 Å². The van der Waals surface area contributed by atoms with Crippen LogP contribution in [0.1, 0.15) is 6.92 Å². The van der Waals surface area contributed by atoms with Crippen molar-refractivity contribution in [2.45, 2.75) is 12.2 Å². The fourth-order valence-corrected chi connectivity index (χ4v) is 2.23. The highest BCUT2D eigenvalue weighted by atomic mass is 32.2. The van der Waals surface area contributed by atoms with Crippen LogP contribution in [-0.4, -0.2) is 29.9 Å². The molecule has 1 aliphatic heterocycles. The third-order valence-corrected chi connectivity index (χ3v) is 3.12. The molecule has 11 heavy (non-hydrogen) atoms. The highest BCUT2D eigenvalue weighted by Gasteiger charge is 2.37. The van der Waals surface area contributed by atoms with Crippen LogP contribution in [0.25, 0.3) is 0 Å². The first-order chi connectivity index (χ1) is 5.16. The number of ether oxygens (including phenoxy) is 1. The van der Waals surface area contributed by atoms with Crippen LogP contribution >= 0.6 is 11.8 Å². The number of Topliss-reactive ketones (excluding diaryl/α,β-unsaturated/α-hetero) is 1. The highest BCUT2D eigenvalue weighted by Crippen LogP contribution is 2.28. The molecule has 4 heteroatoms. The summed E-state index contributed by atoms with van der Waals surface area (Å²) in [5.41, 5.74) is 0. The lowest BCUT2D eigenvalue weighted by Crippen LogP contribution is -2.26. The zero-order valence-corrected chi connectivity index (χ0v) is 7.31. The number of esters is 1. The predicted octanol–water partition coefficient (Wildman–Crippen LogP) is 0.480. The summed E-state index contributed by atoms with van der Waals surface area (Å²) in [4.78, 5) is 22.1. The SMILES string of the molecule is COC(=O)[C@@H]1SC[C@@H](C)C1=O. The molecule has 3 nitrogen and oxygen atoms in total. The lowest BCUT2D eigenvalue weighted by molar-refractivity contribution is -0.142. The molecule has 2 atom stereocenters. The van der Waals surface area contributed by atoms with Crippen molar-refractivity contribution in [3.8, 4) is 0 Å². The first-order valence-electron chi connectivity index (χ1n) is 3.40. The molecule has 0 aromatic carbocycles. The Labute approximate surface area is 69.5 Å². The number of carbonyl (C=O) groups is 2. The lowest BCUT2D eigenvalue weighted by atomic mass is 10.1. The molecule has 0 aromatic rings. The summed E-state index contributed by atoms with van der Waals surface area (Å²) in [6.45, 7) is 1.83. The quantitative estimate of drug-likeness (QED) is 0.428. The summed E-state index contributed by atoms with van der Waals surface area (Å²) < 4.78 is 4.47. The number of hydrogen-bond donors (Lipinski definition) is 0. The molecular formula is C7H10O3S. The third-order valence-electron chi connectivity index (χ3n) is 1.67. The van der Waals surface area contributed by atoms with Crippen molar-refractivity contribution in [2.24, 2.45) is 5.92 Å². The van der Waals surface area contributed by atoms with Gasteiger partial charge in [0.2, 0.25) is 0 Å². The van der Waals surface area contributed by atoms with Gasteiger partial charge in [-0.15, -0.1) is 11.8 Å². The summed E-state index contributed by atoms with van der Waals surface area (Å²) in [6.07, 6.45) is 0. The summed E-state index contributed by atoms with van der Waals surface area (Å²) in [7, 11) is 1.30. The fraction of sp³-hybridized carbons (Fsp3) is 0.714. The molecule has 1 aliphatic rings. The van der Waals surface area contributed by atoms with Gasteiger partial charge in [0.05, 0.1) is 7.11 Å². The van der Waals surface area contributed by atoms with Gasteiger partial charge in [0.25, 0.3) is 0 Å². The van der Waals surface area contributed by atoms with E-state index < -0.39 is 11.2 Å². The number of hydrogen-bond acceptors (Lipinski definition) is 4. The third kappa shape index (κ3) is 1.56.